The van der Waals surface area contributed by atoms with Crippen LogP contribution >= 0.6 is 0 Å². The number of rotatable bonds is 5. The fourth-order valence-corrected chi connectivity index (χ4v) is 1.96. The minimum atomic E-state index is -0.0857. The summed E-state index contributed by atoms with van der Waals surface area (Å²) < 4.78 is 10.8. The molecule has 6 nitrogen and oxygen atoms in total. The average molecular weight is 279 g/mol. The summed E-state index contributed by atoms with van der Waals surface area (Å²) in [5.74, 6) is 1.51. The quantitative estimate of drug-likeness (QED) is 0.791. The maximum atomic E-state index is 11.8. The molecule has 0 atom stereocenters. The average Bonchev–Trinajstić information content (AvgIpc) is 2.50. The Morgan fingerprint density at radius 2 is 1.80 bits per heavy atom. The first-order valence-corrected chi connectivity index (χ1v) is 6.88. The van der Waals surface area contributed by atoms with Gasteiger partial charge in [-0.15, -0.1) is 0 Å². The number of urea groups is 1. The molecular weight excluding hydrogens is 258 g/mol. The van der Waals surface area contributed by atoms with Crippen LogP contribution in [0.25, 0.3) is 0 Å². The van der Waals surface area contributed by atoms with Crippen LogP contribution in [0.3, 0.4) is 0 Å². The summed E-state index contributed by atoms with van der Waals surface area (Å²) in [7, 11) is 0. The lowest BCUT2D eigenvalue weighted by atomic mass is 10.3. The molecule has 2 N–H and O–H groups in total. The second-order valence-electron chi connectivity index (χ2n) is 4.41. The van der Waals surface area contributed by atoms with Crippen molar-refractivity contribution < 1.29 is 14.3 Å². The van der Waals surface area contributed by atoms with Gasteiger partial charge in [-0.3, -0.25) is 0 Å². The lowest BCUT2D eigenvalue weighted by Crippen LogP contribution is -2.50. The van der Waals surface area contributed by atoms with Gasteiger partial charge in [0.15, 0.2) is 6.73 Å². The van der Waals surface area contributed by atoms with Crippen molar-refractivity contribution in [3.8, 4) is 11.5 Å². The second-order valence-corrected chi connectivity index (χ2v) is 4.41. The van der Waals surface area contributed by atoms with Crippen LogP contribution < -0.4 is 20.1 Å². The number of carbonyl (C=O) groups is 1. The molecule has 0 unspecified atom stereocenters. The minimum Gasteiger partial charge on any atom is -0.494 e. The largest absolute Gasteiger partial charge is 0.494 e. The van der Waals surface area contributed by atoms with Gasteiger partial charge in [0, 0.05) is 26.2 Å². The zero-order valence-corrected chi connectivity index (χ0v) is 11.7. The Bertz CT molecular complexity index is 416. The SMILES string of the molecule is CCOc1ccc(OCNC(=O)N2CCNCC2)cc1. The Morgan fingerprint density at radius 3 is 2.40 bits per heavy atom. The fraction of sp³-hybridized carbons (Fsp3) is 0.500. The Balaban J connectivity index is 1.70. The fourth-order valence-electron chi connectivity index (χ4n) is 1.96. The Hall–Kier alpha value is -1.95. The molecule has 1 heterocycles. The van der Waals surface area contributed by atoms with Gasteiger partial charge in [0.2, 0.25) is 0 Å². The zero-order valence-electron chi connectivity index (χ0n) is 11.7. The number of piperazine rings is 1. The molecule has 0 spiro atoms. The van der Waals surface area contributed by atoms with E-state index in [-0.39, 0.29) is 12.8 Å². The molecule has 20 heavy (non-hydrogen) atoms. The van der Waals surface area contributed by atoms with Crippen LogP contribution in [0.2, 0.25) is 0 Å². The van der Waals surface area contributed by atoms with Gasteiger partial charge in [0.25, 0.3) is 0 Å². The van der Waals surface area contributed by atoms with Crippen molar-refractivity contribution >= 4 is 6.03 Å². The molecular formula is C14H21N3O3. The number of hydrogen-bond donors (Lipinski definition) is 2. The third-order valence-corrected chi connectivity index (χ3v) is 3.00. The molecule has 1 fully saturated rings. The summed E-state index contributed by atoms with van der Waals surface area (Å²) in [6, 6.07) is 7.25. The molecule has 0 saturated carbocycles. The molecule has 1 aromatic rings. The molecule has 6 heteroatoms. The number of nitrogens with zero attached hydrogens (tertiary/aromatic N) is 1. The predicted molar refractivity (Wildman–Crippen MR) is 76.1 cm³/mol. The molecule has 1 aliphatic rings. The number of ether oxygens (including phenoxy) is 2. The van der Waals surface area contributed by atoms with E-state index >= 15 is 0 Å². The highest BCUT2D eigenvalue weighted by Crippen LogP contribution is 2.17. The van der Waals surface area contributed by atoms with Crippen molar-refractivity contribution in [1.29, 1.82) is 0 Å². The zero-order chi connectivity index (χ0) is 14.2. The number of amides is 2. The van der Waals surface area contributed by atoms with Crippen molar-refractivity contribution in [3.63, 3.8) is 0 Å². The normalized spacial score (nSPS) is 14.8. The van der Waals surface area contributed by atoms with Gasteiger partial charge in [-0.25, -0.2) is 4.79 Å². The predicted octanol–water partition coefficient (Wildman–Crippen LogP) is 1.04. The second kappa shape index (κ2) is 7.59. The third kappa shape index (κ3) is 4.31. The van der Waals surface area contributed by atoms with Gasteiger partial charge in [0.05, 0.1) is 6.61 Å². The first-order valence-electron chi connectivity index (χ1n) is 6.88. The van der Waals surface area contributed by atoms with Crippen LogP contribution in [0.5, 0.6) is 11.5 Å². The van der Waals surface area contributed by atoms with Gasteiger partial charge >= 0.3 is 6.03 Å². The summed E-state index contributed by atoms with van der Waals surface area (Å²) in [4.78, 5) is 13.6. The van der Waals surface area contributed by atoms with E-state index in [0.29, 0.717) is 12.4 Å². The van der Waals surface area contributed by atoms with Crippen molar-refractivity contribution in [2.45, 2.75) is 6.92 Å². The monoisotopic (exact) mass is 279 g/mol. The molecule has 0 aliphatic carbocycles. The summed E-state index contributed by atoms with van der Waals surface area (Å²) in [5, 5.41) is 5.95. The summed E-state index contributed by atoms with van der Waals surface area (Å²) in [6.07, 6.45) is 0. The molecule has 0 radical (unpaired) electrons. The van der Waals surface area contributed by atoms with Gasteiger partial charge < -0.3 is 25.0 Å². The maximum Gasteiger partial charge on any atom is 0.320 e. The Morgan fingerprint density at radius 1 is 1.20 bits per heavy atom. The standard InChI is InChI=1S/C14H21N3O3/c1-2-19-12-3-5-13(6-4-12)20-11-16-14(18)17-9-7-15-8-10-17/h3-6,15H,2,7-11H2,1H3,(H,16,18). The van der Waals surface area contributed by atoms with Gasteiger partial charge in [0.1, 0.15) is 11.5 Å². The molecule has 0 aromatic heterocycles. The van der Waals surface area contributed by atoms with Crippen LogP contribution in [0, 0.1) is 0 Å². The lowest BCUT2D eigenvalue weighted by Gasteiger charge is -2.27. The van der Waals surface area contributed by atoms with E-state index in [0.717, 1.165) is 31.9 Å². The number of nitrogens with one attached hydrogen (secondary N) is 2. The number of benzene rings is 1. The molecule has 0 bridgehead atoms. The van der Waals surface area contributed by atoms with Crippen molar-refractivity contribution in [3.05, 3.63) is 24.3 Å². The van der Waals surface area contributed by atoms with Crippen LogP contribution in [0.15, 0.2) is 24.3 Å². The van der Waals surface area contributed by atoms with Gasteiger partial charge in [-0.1, -0.05) is 0 Å². The summed E-state index contributed by atoms with van der Waals surface area (Å²) in [6.45, 7) is 5.89. The highest BCUT2D eigenvalue weighted by molar-refractivity contribution is 5.74. The molecule has 1 aromatic carbocycles. The molecule has 110 valence electrons. The van der Waals surface area contributed by atoms with E-state index in [2.05, 4.69) is 10.6 Å². The first-order chi connectivity index (χ1) is 9.79. The van der Waals surface area contributed by atoms with E-state index in [1.165, 1.54) is 0 Å². The third-order valence-electron chi connectivity index (χ3n) is 3.00. The smallest absolute Gasteiger partial charge is 0.320 e. The number of carbonyl (C=O) groups excluding carboxylic acids is 1. The minimum absolute atomic E-state index is 0.0857. The highest BCUT2D eigenvalue weighted by atomic mass is 16.5. The number of hydrogen-bond acceptors (Lipinski definition) is 4. The highest BCUT2D eigenvalue weighted by Gasteiger charge is 2.15. The van der Waals surface area contributed by atoms with E-state index < -0.39 is 0 Å². The van der Waals surface area contributed by atoms with Gasteiger partial charge in [-0.2, -0.15) is 0 Å². The van der Waals surface area contributed by atoms with E-state index in [9.17, 15) is 4.79 Å². The van der Waals surface area contributed by atoms with Crippen LogP contribution in [0.4, 0.5) is 4.79 Å². The molecule has 2 amide bonds. The van der Waals surface area contributed by atoms with Crippen molar-refractivity contribution in [1.82, 2.24) is 15.5 Å². The Kier molecular flexibility index (Phi) is 5.49. The molecule has 1 saturated heterocycles. The summed E-state index contributed by atoms with van der Waals surface area (Å²) >= 11 is 0. The first kappa shape index (κ1) is 14.5. The van der Waals surface area contributed by atoms with Crippen molar-refractivity contribution in [2.75, 3.05) is 39.5 Å². The van der Waals surface area contributed by atoms with Crippen molar-refractivity contribution in [2.24, 2.45) is 0 Å². The lowest BCUT2D eigenvalue weighted by molar-refractivity contribution is 0.177. The van der Waals surface area contributed by atoms with E-state index in [4.69, 9.17) is 9.47 Å². The van der Waals surface area contributed by atoms with E-state index in [1.54, 1.807) is 4.90 Å². The van der Waals surface area contributed by atoms with Crippen LogP contribution in [-0.2, 0) is 0 Å². The van der Waals surface area contributed by atoms with Crippen LogP contribution in [0.1, 0.15) is 6.92 Å². The molecule has 1 aliphatic heterocycles. The Labute approximate surface area is 119 Å². The topological polar surface area (TPSA) is 62.8 Å². The maximum absolute atomic E-state index is 11.8. The van der Waals surface area contributed by atoms with Gasteiger partial charge in [-0.05, 0) is 31.2 Å². The van der Waals surface area contributed by atoms with E-state index in [1.807, 2.05) is 31.2 Å². The van der Waals surface area contributed by atoms with Crippen LogP contribution in [-0.4, -0.2) is 50.4 Å². The summed E-state index contributed by atoms with van der Waals surface area (Å²) in [5.41, 5.74) is 0. The molecule has 2 rings (SSSR count).